The highest BCUT2D eigenvalue weighted by molar-refractivity contribution is 5.83. The van der Waals surface area contributed by atoms with Crippen LogP contribution in [0.4, 0.5) is 0 Å². The van der Waals surface area contributed by atoms with Gasteiger partial charge in [-0.1, -0.05) is 0 Å². The molecule has 2 N–H and O–H groups in total. The summed E-state index contributed by atoms with van der Waals surface area (Å²) in [6, 6.07) is 0.115. The van der Waals surface area contributed by atoms with Gasteiger partial charge >= 0.3 is 0 Å². The van der Waals surface area contributed by atoms with Crippen LogP contribution in [-0.4, -0.2) is 39.4 Å². The van der Waals surface area contributed by atoms with Gasteiger partial charge in [-0.05, 0) is 58.4 Å². The van der Waals surface area contributed by atoms with Gasteiger partial charge in [0.15, 0.2) is 0 Å². The Bertz CT molecular complexity index is 877. The van der Waals surface area contributed by atoms with E-state index in [1.807, 2.05) is 27.8 Å². The van der Waals surface area contributed by atoms with Gasteiger partial charge in [0.2, 0.25) is 5.91 Å². The van der Waals surface area contributed by atoms with Gasteiger partial charge in [-0.2, -0.15) is 5.10 Å². The van der Waals surface area contributed by atoms with Gasteiger partial charge in [-0.25, -0.2) is 0 Å². The van der Waals surface area contributed by atoms with Crippen molar-refractivity contribution in [2.75, 3.05) is 6.61 Å². The number of amides is 1. The maximum absolute atomic E-state index is 12.5. The molecule has 0 bridgehead atoms. The molecule has 0 spiro atoms. The van der Waals surface area contributed by atoms with E-state index < -0.39 is 0 Å². The SMILES string of the molecule is Cc1nn(C)c2[nH]c(=O)c(CCC(=O)N[C@H](C)CC[C@H]3CCCO3)c(C)c12. The van der Waals surface area contributed by atoms with Crippen LogP contribution in [-0.2, 0) is 23.0 Å². The van der Waals surface area contributed by atoms with Crippen LogP contribution in [0.5, 0.6) is 0 Å². The van der Waals surface area contributed by atoms with Crippen molar-refractivity contribution in [3.8, 4) is 0 Å². The first-order valence-corrected chi connectivity index (χ1v) is 9.82. The van der Waals surface area contributed by atoms with Crippen molar-refractivity contribution in [2.24, 2.45) is 7.05 Å². The Labute approximate surface area is 159 Å². The first-order valence-electron chi connectivity index (χ1n) is 9.82. The smallest absolute Gasteiger partial charge is 0.253 e. The van der Waals surface area contributed by atoms with Gasteiger partial charge in [-0.3, -0.25) is 14.3 Å². The van der Waals surface area contributed by atoms with Crippen molar-refractivity contribution in [2.45, 2.75) is 71.4 Å². The molecule has 3 heterocycles. The van der Waals surface area contributed by atoms with Crippen molar-refractivity contribution in [3.63, 3.8) is 0 Å². The number of fused-ring (bicyclic) bond motifs is 1. The second-order valence-electron chi connectivity index (χ2n) is 7.67. The van der Waals surface area contributed by atoms with Crippen LogP contribution in [0.15, 0.2) is 4.79 Å². The third kappa shape index (κ3) is 4.40. The second kappa shape index (κ2) is 8.25. The van der Waals surface area contributed by atoms with Crippen molar-refractivity contribution >= 4 is 16.9 Å². The molecule has 2 aromatic rings. The zero-order valence-corrected chi connectivity index (χ0v) is 16.7. The minimum atomic E-state index is -0.137. The normalized spacial score (nSPS) is 18.1. The summed E-state index contributed by atoms with van der Waals surface area (Å²) in [4.78, 5) is 27.7. The van der Waals surface area contributed by atoms with E-state index >= 15 is 0 Å². The van der Waals surface area contributed by atoms with E-state index in [2.05, 4.69) is 15.4 Å². The van der Waals surface area contributed by atoms with Gasteiger partial charge in [0.1, 0.15) is 5.65 Å². The highest BCUT2D eigenvalue weighted by Gasteiger charge is 2.18. The molecule has 1 saturated heterocycles. The van der Waals surface area contributed by atoms with Crippen LogP contribution < -0.4 is 10.9 Å². The van der Waals surface area contributed by atoms with E-state index in [-0.39, 0.29) is 17.5 Å². The van der Waals surface area contributed by atoms with Crippen molar-refractivity contribution in [1.29, 1.82) is 0 Å². The quantitative estimate of drug-likeness (QED) is 0.778. The number of hydrogen-bond donors (Lipinski definition) is 2. The number of nitrogens with zero attached hydrogens (tertiary/aromatic N) is 2. The van der Waals surface area contributed by atoms with Crippen LogP contribution in [0.1, 0.15) is 55.8 Å². The molecule has 7 nitrogen and oxygen atoms in total. The molecule has 1 fully saturated rings. The summed E-state index contributed by atoms with van der Waals surface area (Å²) in [5, 5.41) is 8.39. The third-order valence-corrected chi connectivity index (χ3v) is 5.51. The molecular formula is C20H30N4O3. The molecule has 0 unspecified atom stereocenters. The molecule has 7 heteroatoms. The maximum Gasteiger partial charge on any atom is 0.253 e. The summed E-state index contributed by atoms with van der Waals surface area (Å²) in [5.74, 6) is -0.0170. The molecule has 3 rings (SSSR count). The average Bonchev–Trinajstić information content (AvgIpc) is 3.21. The van der Waals surface area contributed by atoms with Crippen molar-refractivity contribution in [3.05, 3.63) is 27.2 Å². The second-order valence-corrected chi connectivity index (χ2v) is 7.67. The molecule has 0 aliphatic carbocycles. The number of aromatic amines is 1. The first-order chi connectivity index (χ1) is 12.9. The van der Waals surface area contributed by atoms with E-state index in [1.54, 1.807) is 4.68 Å². The Balaban J connectivity index is 1.58. The minimum absolute atomic E-state index is 0.0170. The van der Waals surface area contributed by atoms with Crippen LogP contribution in [0.25, 0.3) is 11.0 Å². The number of carbonyl (C=O) groups is 1. The standard InChI is InChI=1S/C20H30N4O3/c1-12(7-8-15-6-5-11-27-15)21-17(25)10-9-16-13(2)18-14(3)23-24(4)19(18)22-20(16)26/h12,15H,5-11H2,1-4H3,(H,21,25)(H,22,26)/t12-,15-/m1/s1. The van der Waals surface area contributed by atoms with Gasteiger partial charge in [0.05, 0.1) is 11.8 Å². The summed E-state index contributed by atoms with van der Waals surface area (Å²) < 4.78 is 7.31. The Morgan fingerprint density at radius 1 is 1.44 bits per heavy atom. The van der Waals surface area contributed by atoms with Gasteiger partial charge in [0.25, 0.3) is 5.56 Å². The summed E-state index contributed by atoms with van der Waals surface area (Å²) in [7, 11) is 1.82. The molecule has 0 saturated carbocycles. The van der Waals surface area contributed by atoms with Crippen molar-refractivity contribution in [1.82, 2.24) is 20.1 Å². The predicted octanol–water partition coefficient (Wildman–Crippen LogP) is 2.27. The Morgan fingerprint density at radius 2 is 2.22 bits per heavy atom. The maximum atomic E-state index is 12.5. The van der Waals surface area contributed by atoms with Crippen LogP contribution in [0.2, 0.25) is 0 Å². The molecule has 148 valence electrons. The Morgan fingerprint density at radius 3 is 2.93 bits per heavy atom. The van der Waals surface area contributed by atoms with Gasteiger partial charge < -0.3 is 15.0 Å². The molecule has 1 aliphatic heterocycles. The van der Waals surface area contributed by atoms with Crippen molar-refractivity contribution < 1.29 is 9.53 Å². The molecule has 1 amide bonds. The molecule has 0 aromatic carbocycles. The lowest BCUT2D eigenvalue weighted by molar-refractivity contribution is -0.121. The topological polar surface area (TPSA) is 89.0 Å². The van der Waals surface area contributed by atoms with Crippen LogP contribution >= 0.6 is 0 Å². The summed E-state index contributed by atoms with van der Waals surface area (Å²) >= 11 is 0. The van der Waals surface area contributed by atoms with E-state index in [0.717, 1.165) is 54.6 Å². The number of aryl methyl sites for hydroxylation is 3. The molecule has 2 atom stereocenters. The summed E-state index contributed by atoms with van der Waals surface area (Å²) in [5.41, 5.74) is 3.06. The van der Waals surface area contributed by atoms with E-state index in [4.69, 9.17) is 4.74 Å². The van der Waals surface area contributed by atoms with E-state index in [1.165, 1.54) is 0 Å². The zero-order valence-electron chi connectivity index (χ0n) is 16.7. The lowest BCUT2D eigenvalue weighted by Gasteiger charge is -2.16. The summed E-state index contributed by atoms with van der Waals surface area (Å²) in [6.45, 7) is 6.75. The third-order valence-electron chi connectivity index (χ3n) is 5.51. The zero-order chi connectivity index (χ0) is 19.6. The van der Waals surface area contributed by atoms with Crippen LogP contribution in [0.3, 0.4) is 0 Å². The number of ether oxygens (including phenoxy) is 1. The highest BCUT2D eigenvalue weighted by atomic mass is 16.5. The number of H-pyrrole nitrogens is 1. The average molecular weight is 374 g/mol. The Hall–Kier alpha value is -2.15. The fourth-order valence-corrected chi connectivity index (χ4v) is 4.02. The number of carbonyl (C=O) groups excluding carboxylic acids is 1. The van der Waals surface area contributed by atoms with Gasteiger partial charge in [-0.15, -0.1) is 0 Å². The lowest BCUT2D eigenvalue weighted by Crippen LogP contribution is -2.33. The first kappa shape index (κ1) is 19.6. The van der Waals surface area contributed by atoms with E-state index in [9.17, 15) is 9.59 Å². The number of hydrogen-bond acceptors (Lipinski definition) is 4. The molecule has 1 aliphatic rings. The molecule has 2 aromatic heterocycles. The Kier molecular flexibility index (Phi) is 5.99. The van der Waals surface area contributed by atoms with E-state index in [0.29, 0.717) is 24.5 Å². The highest BCUT2D eigenvalue weighted by Crippen LogP contribution is 2.21. The number of nitrogens with one attached hydrogen (secondary N) is 2. The largest absolute Gasteiger partial charge is 0.378 e. The van der Waals surface area contributed by atoms with Gasteiger partial charge in [0, 0.05) is 37.1 Å². The predicted molar refractivity (Wildman–Crippen MR) is 105 cm³/mol. The van der Waals surface area contributed by atoms with Crippen LogP contribution in [0, 0.1) is 13.8 Å². The molecular weight excluding hydrogens is 344 g/mol. The molecule has 0 radical (unpaired) electrons. The number of rotatable bonds is 7. The summed E-state index contributed by atoms with van der Waals surface area (Å²) in [6.07, 6.45) is 5.24. The molecule has 27 heavy (non-hydrogen) atoms. The number of aromatic nitrogens is 3. The minimum Gasteiger partial charge on any atom is -0.378 e. The monoisotopic (exact) mass is 374 g/mol. The lowest BCUT2D eigenvalue weighted by atomic mass is 10.0. The number of pyridine rings is 1. The fourth-order valence-electron chi connectivity index (χ4n) is 4.02. The fraction of sp³-hybridized carbons (Fsp3) is 0.650.